The van der Waals surface area contributed by atoms with Crippen LogP contribution in [0.3, 0.4) is 0 Å². The van der Waals surface area contributed by atoms with Crippen LogP contribution in [0.15, 0.2) is 18.2 Å². The molecular formula is C26H33B2NO2. The third-order valence-electron chi connectivity index (χ3n) is 8.17. The number of carbonyl (C=O) groups excluding carboxylic acids is 1. The largest absolute Gasteiger partial charge is 0.508 e. The quantitative estimate of drug-likeness (QED) is 0.757. The zero-order valence-electron chi connectivity index (χ0n) is 20.2. The molecule has 3 nitrogen and oxygen atoms in total. The Morgan fingerprint density at radius 3 is 1.90 bits per heavy atom. The normalized spacial score (nSPS) is 17.9. The summed E-state index contributed by atoms with van der Waals surface area (Å²) in [5.74, 6) is -0.0972. The molecule has 0 spiro atoms. The number of aryl methyl sites for hydroxylation is 2. The van der Waals surface area contributed by atoms with Crippen molar-refractivity contribution in [2.24, 2.45) is 5.41 Å². The molecule has 0 saturated heterocycles. The van der Waals surface area contributed by atoms with E-state index in [9.17, 15) is 9.90 Å². The van der Waals surface area contributed by atoms with E-state index in [2.05, 4.69) is 46.9 Å². The minimum Gasteiger partial charge on any atom is -0.508 e. The highest BCUT2D eigenvalue weighted by atomic mass is 16.3. The molecule has 0 heterocycles. The van der Waals surface area contributed by atoms with Crippen LogP contribution in [-0.2, 0) is 17.3 Å². The van der Waals surface area contributed by atoms with Gasteiger partial charge in [-0.3, -0.25) is 4.79 Å². The molecule has 31 heavy (non-hydrogen) atoms. The van der Waals surface area contributed by atoms with Crippen molar-refractivity contribution in [1.29, 1.82) is 0 Å². The second kappa shape index (κ2) is 7.46. The summed E-state index contributed by atoms with van der Waals surface area (Å²) in [5, 5.41) is 13.9. The summed E-state index contributed by atoms with van der Waals surface area (Å²) in [6.07, 6.45) is 0.405. The van der Waals surface area contributed by atoms with Gasteiger partial charge >= 0.3 is 0 Å². The number of fused-ring (bicyclic) bond motifs is 1. The third-order valence-corrected chi connectivity index (χ3v) is 8.17. The number of hydrogen-bond acceptors (Lipinski definition) is 2. The van der Waals surface area contributed by atoms with Crippen molar-refractivity contribution in [2.75, 3.05) is 6.54 Å². The van der Waals surface area contributed by atoms with Crippen LogP contribution in [0.5, 0.6) is 5.75 Å². The van der Waals surface area contributed by atoms with Gasteiger partial charge in [0, 0.05) is 12.1 Å². The Morgan fingerprint density at radius 2 is 1.39 bits per heavy atom. The van der Waals surface area contributed by atoms with Crippen LogP contribution in [0.25, 0.3) is 0 Å². The maximum atomic E-state index is 12.6. The first kappa shape index (κ1) is 23.5. The number of benzene rings is 2. The molecule has 3 rings (SSSR count). The van der Waals surface area contributed by atoms with Gasteiger partial charge in [0.25, 0.3) is 5.91 Å². The van der Waals surface area contributed by atoms with Crippen LogP contribution in [0.4, 0.5) is 0 Å². The van der Waals surface area contributed by atoms with E-state index in [1.165, 1.54) is 0 Å². The number of phenolic OH excluding ortho intramolecular Hbond substituents is 1. The molecule has 1 aliphatic carbocycles. The van der Waals surface area contributed by atoms with Gasteiger partial charge in [0.1, 0.15) is 21.4 Å². The van der Waals surface area contributed by atoms with Crippen molar-refractivity contribution in [3.8, 4) is 5.75 Å². The highest BCUT2D eigenvalue weighted by molar-refractivity contribution is 6.40. The Morgan fingerprint density at radius 1 is 0.903 bits per heavy atom. The van der Waals surface area contributed by atoms with E-state index < -0.39 is 0 Å². The molecule has 0 fully saturated rings. The van der Waals surface area contributed by atoms with Gasteiger partial charge in [-0.05, 0) is 65.3 Å². The number of rotatable bonds is 4. The van der Waals surface area contributed by atoms with Crippen molar-refractivity contribution in [2.45, 2.75) is 72.6 Å². The predicted molar refractivity (Wildman–Crippen MR) is 131 cm³/mol. The molecule has 160 valence electrons. The van der Waals surface area contributed by atoms with Crippen LogP contribution >= 0.6 is 0 Å². The summed E-state index contributed by atoms with van der Waals surface area (Å²) in [7, 11) is 13.1. The molecular weight excluding hydrogens is 380 g/mol. The standard InChI is InChI=1S/C26H33B2NO2/c1-14-11-15(2)13-16(12-14)23(31)29-10-9-17-20(27)18-19(21(28)22(17)30)25(5,6)26(7,8)24(18,3)4/h11-13,30H,9-10H2,1-8H3,(H,29,31). The average Bonchev–Trinajstić information content (AvgIpc) is 2.75. The monoisotopic (exact) mass is 413 g/mol. The van der Waals surface area contributed by atoms with Crippen molar-refractivity contribution in [3.63, 3.8) is 0 Å². The Kier molecular flexibility index (Phi) is 5.66. The highest BCUT2D eigenvalue weighted by Crippen LogP contribution is 2.60. The summed E-state index contributed by atoms with van der Waals surface area (Å²) < 4.78 is 0. The minimum absolute atomic E-state index is 0.0403. The van der Waals surface area contributed by atoms with E-state index in [0.717, 1.165) is 22.3 Å². The molecule has 2 aromatic carbocycles. The van der Waals surface area contributed by atoms with Gasteiger partial charge in [0.2, 0.25) is 0 Å². The lowest BCUT2D eigenvalue weighted by atomic mass is 9.58. The maximum Gasteiger partial charge on any atom is 0.251 e. The fraction of sp³-hybridized carbons (Fsp3) is 0.500. The summed E-state index contributed by atoms with van der Waals surface area (Å²) >= 11 is 0. The Balaban J connectivity index is 1.93. The lowest BCUT2D eigenvalue weighted by Crippen LogP contribution is -2.43. The molecule has 1 aliphatic rings. The third kappa shape index (κ3) is 3.41. The lowest BCUT2D eigenvalue weighted by Gasteiger charge is -2.45. The second-order valence-corrected chi connectivity index (χ2v) is 10.7. The smallest absolute Gasteiger partial charge is 0.251 e. The lowest BCUT2D eigenvalue weighted by molar-refractivity contribution is 0.0954. The second-order valence-electron chi connectivity index (χ2n) is 10.7. The molecule has 2 N–H and O–H groups in total. The Bertz CT molecular complexity index is 1050. The highest BCUT2D eigenvalue weighted by Gasteiger charge is 2.58. The minimum atomic E-state index is -0.253. The Labute approximate surface area is 189 Å². The van der Waals surface area contributed by atoms with E-state index in [0.29, 0.717) is 35.0 Å². The van der Waals surface area contributed by atoms with Crippen LogP contribution < -0.4 is 16.2 Å². The topological polar surface area (TPSA) is 49.3 Å². The first-order valence-electron chi connectivity index (χ1n) is 10.9. The fourth-order valence-electron chi connectivity index (χ4n) is 5.30. The summed E-state index contributed by atoms with van der Waals surface area (Å²) in [4.78, 5) is 12.6. The van der Waals surface area contributed by atoms with Gasteiger partial charge < -0.3 is 10.4 Å². The summed E-state index contributed by atoms with van der Waals surface area (Å²) in [6.45, 7) is 17.5. The number of amides is 1. The van der Waals surface area contributed by atoms with Gasteiger partial charge in [0.15, 0.2) is 0 Å². The van der Waals surface area contributed by atoms with E-state index in [4.69, 9.17) is 15.7 Å². The fourth-order valence-corrected chi connectivity index (χ4v) is 5.30. The SMILES string of the molecule is [B]c1c(O)c(CCNC(=O)c2cc(C)cc(C)c2)c([B])c2c1C(C)(C)C(C)(C)C2(C)C. The van der Waals surface area contributed by atoms with Gasteiger partial charge in [-0.25, -0.2) is 0 Å². The zero-order valence-corrected chi connectivity index (χ0v) is 20.2. The zero-order chi connectivity index (χ0) is 23.5. The van der Waals surface area contributed by atoms with Crippen LogP contribution in [-0.4, -0.2) is 33.3 Å². The molecule has 0 aromatic heterocycles. The molecule has 0 atom stereocenters. The first-order chi connectivity index (χ1) is 14.1. The number of hydrogen-bond donors (Lipinski definition) is 2. The number of carbonyl (C=O) groups is 1. The Hall–Kier alpha value is -2.16. The van der Waals surface area contributed by atoms with E-state index in [-0.39, 0.29) is 27.9 Å². The van der Waals surface area contributed by atoms with Crippen LogP contribution in [0.2, 0.25) is 0 Å². The molecule has 0 aliphatic heterocycles. The van der Waals surface area contributed by atoms with Gasteiger partial charge in [0.05, 0.1) is 0 Å². The molecule has 0 saturated carbocycles. The summed E-state index contributed by atoms with van der Waals surface area (Å²) in [5.41, 5.74) is 5.70. The molecule has 1 amide bonds. The summed E-state index contributed by atoms with van der Waals surface area (Å²) in [6, 6.07) is 5.77. The van der Waals surface area contributed by atoms with Gasteiger partial charge in [-0.2, -0.15) is 0 Å². The number of phenols is 1. The number of nitrogens with one attached hydrogen (secondary N) is 1. The van der Waals surface area contributed by atoms with Gasteiger partial charge in [-0.15, -0.1) is 0 Å². The molecule has 4 radical (unpaired) electrons. The van der Waals surface area contributed by atoms with Crippen molar-refractivity contribution < 1.29 is 9.90 Å². The van der Waals surface area contributed by atoms with Crippen molar-refractivity contribution >= 4 is 32.5 Å². The van der Waals surface area contributed by atoms with Crippen molar-refractivity contribution in [3.05, 3.63) is 51.6 Å². The molecule has 0 unspecified atom stereocenters. The molecule has 2 aromatic rings. The van der Waals surface area contributed by atoms with E-state index >= 15 is 0 Å². The van der Waals surface area contributed by atoms with Crippen LogP contribution in [0, 0.1) is 19.3 Å². The molecule has 5 heteroatoms. The predicted octanol–water partition coefficient (Wildman–Crippen LogP) is 3.16. The molecule has 0 bridgehead atoms. The van der Waals surface area contributed by atoms with Crippen molar-refractivity contribution in [1.82, 2.24) is 5.32 Å². The maximum absolute atomic E-state index is 12.6. The first-order valence-corrected chi connectivity index (χ1v) is 10.9. The van der Waals surface area contributed by atoms with E-state index in [1.54, 1.807) is 0 Å². The van der Waals surface area contributed by atoms with Crippen LogP contribution in [0.1, 0.15) is 79.7 Å². The average molecular weight is 413 g/mol. The van der Waals surface area contributed by atoms with E-state index in [1.807, 2.05) is 32.0 Å². The van der Waals surface area contributed by atoms with Gasteiger partial charge in [-0.1, -0.05) is 69.7 Å². The number of aromatic hydroxyl groups is 1.